The molecule has 0 unspecified atom stereocenters. The number of benzene rings is 4. The molecule has 14 nitrogen and oxygen atoms in total. The molecule has 2 amide bonds. The van der Waals surface area contributed by atoms with Crippen LogP contribution in [-0.4, -0.2) is 66.5 Å². The van der Waals surface area contributed by atoms with Gasteiger partial charge < -0.3 is 57.5 Å². The zero-order valence-corrected chi connectivity index (χ0v) is 38.8. The van der Waals surface area contributed by atoms with Crippen LogP contribution in [0.5, 0.6) is 11.5 Å². The molecule has 0 fully saturated rings. The molecule has 0 heterocycles. The van der Waals surface area contributed by atoms with Gasteiger partial charge in [0.05, 0.1) is 5.69 Å². The molecule has 6 N–H and O–H groups in total. The Hall–Kier alpha value is -4.79. The Kier molecular flexibility index (Phi) is 16.9. The van der Waals surface area contributed by atoms with E-state index in [2.05, 4.69) is 10.6 Å². The van der Waals surface area contributed by atoms with Crippen molar-refractivity contribution in [2.75, 3.05) is 22.1 Å². The van der Waals surface area contributed by atoms with Gasteiger partial charge in [-0.1, -0.05) is 12.1 Å². The maximum atomic E-state index is 14.0. The number of hydrogen-bond donors (Lipinski definition) is 4. The minimum atomic E-state index is -4.19. The second-order valence-corrected chi connectivity index (χ2v) is 19.6. The summed E-state index contributed by atoms with van der Waals surface area (Å²) in [6, 6.07) is 23.8. The summed E-state index contributed by atoms with van der Waals surface area (Å²) < 4.78 is 53.2. The van der Waals surface area contributed by atoms with Gasteiger partial charge in [-0.25, -0.2) is 0 Å². The van der Waals surface area contributed by atoms with Gasteiger partial charge in [-0.15, -0.1) is 0 Å². The summed E-state index contributed by atoms with van der Waals surface area (Å²) in [5.74, 6) is -0.634. The zero-order chi connectivity index (χ0) is 44.4. The minimum absolute atomic E-state index is 0.0228. The summed E-state index contributed by atoms with van der Waals surface area (Å²) in [5.41, 5.74) is 15.5. The van der Waals surface area contributed by atoms with Crippen LogP contribution in [0.25, 0.3) is 11.1 Å². The largest absolute Gasteiger partial charge is 0.750 e. The summed E-state index contributed by atoms with van der Waals surface area (Å²) in [6.07, 6.45) is -2.41. The first-order chi connectivity index (χ1) is 28.2. The lowest BCUT2D eigenvalue weighted by Crippen LogP contribution is -2.57. The van der Waals surface area contributed by atoms with Crippen LogP contribution in [0, 0.1) is 0 Å². The number of anilines is 4. The molecule has 0 saturated carbocycles. The van der Waals surface area contributed by atoms with E-state index >= 15 is 0 Å². The van der Waals surface area contributed by atoms with E-state index in [-0.39, 0.29) is 23.1 Å². The molecule has 0 saturated heterocycles. The van der Waals surface area contributed by atoms with E-state index in [9.17, 15) is 9.59 Å². The molecule has 4 aromatic carbocycles. The molecule has 0 radical (unpaired) electrons. The highest BCUT2D eigenvalue weighted by atomic mass is 28.4. The molecule has 4 aromatic rings. The van der Waals surface area contributed by atoms with E-state index in [1.807, 2.05) is 95.2 Å². The van der Waals surface area contributed by atoms with Gasteiger partial charge in [0, 0.05) is 70.4 Å². The number of carbonyl (C=O) groups excluding carboxylic acids is 2. The van der Waals surface area contributed by atoms with E-state index in [4.69, 9.17) is 46.9 Å². The fourth-order valence-electron chi connectivity index (χ4n) is 5.78. The van der Waals surface area contributed by atoms with Crippen molar-refractivity contribution in [3.8, 4) is 22.6 Å². The maximum Gasteiger partial charge on any atom is 0.750 e. The molecule has 60 heavy (non-hydrogen) atoms. The topological polar surface area (TPSA) is 184 Å². The van der Waals surface area contributed by atoms with E-state index < -0.39 is 60.6 Å². The zero-order valence-electron chi connectivity index (χ0n) is 36.8. The smallest absolute Gasteiger partial charge is 0.476 e. The molecule has 0 aliphatic rings. The molecule has 0 bridgehead atoms. The summed E-state index contributed by atoms with van der Waals surface area (Å²) in [5, 5.41) is 5.95. The van der Waals surface area contributed by atoms with Gasteiger partial charge in [-0.2, -0.15) is 0 Å². The highest BCUT2D eigenvalue weighted by Gasteiger charge is 2.55. The van der Waals surface area contributed by atoms with E-state index in [0.717, 1.165) is 0 Å². The van der Waals surface area contributed by atoms with Crippen LogP contribution >= 0.6 is 0 Å². The van der Waals surface area contributed by atoms with Crippen LogP contribution in [0.3, 0.4) is 0 Å². The van der Waals surface area contributed by atoms with Crippen LogP contribution in [0.1, 0.15) is 104 Å². The van der Waals surface area contributed by atoms with Crippen molar-refractivity contribution in [1.82, 2.24) is 0 Å². The lowest BCUT2D eigenvalue weighted by atomic mass is 10.0. The molecule has 0 spiro atoms. The van der Waals surface area contributed by atoms with Gasteiger partial charge in [-0.3, -0.25) is 9.59 Å². The molecule has 16 heteroatoms. The Labute approximate surface area is 357 Å². The van der Waals surface area contributed by atoms with Crippen LogP contribution < -0.4 is 31.0 Å². The molecule has 326 valence electrons. The number of nitrogens with two attached hydrogens (primary N) is 2. The fraction of sp³-hybridized carbons (Fsp3) is 0.409. The van der Waals surface area contributed by atoms with Crippen LogP contribution in [0.2, 0.25) is 0 Å². The van der Waals surface area contributed by atoms with E-state index in [1.54, 1.807) is 72.8 Å². The molecule has 0 aliphatic heterocycles. The number of nitrogen functional groups attached to an aromatic ring is 2. The van der Waals surface area contributed by atoms with Crippen molar-refractivity contribution in [2.45, 2.75) is 120 Å². The van der Waals surface area contributed by atoms with Gasteiger partial charge in [-0.05, 0) is 161 Å². The van der Waals surface area contributed by atoms with Crippen molar-refractivity contribution in [3.05, 3.63) is 96.1 Å². The third-order valence-electron chi connectivity index (χ3n) is 7.89. The van der Waals surface area contributed by atoms with Crippen LogP contribution in [-0.2, 0) is 26.6 Å². The Bertz CT molecular complexity index is 1960. The molecule has 0 aromatic heterocycles. The standard InChI is InChI=1S/C44H62N4O10Si2/c1-27(2)51-59(52-28(3)4,53-29(5)6)57-41-39(33-17-23-38(24-18-33)47-43(49)34-13-19-36(45)20-14-34)25-26-40(48-44(50)35-15-21-37(46)22-16-35)42(41)58-60(54-30(7)8,55-31(9)10)56-32(11)12/h13-32H,45-46H2,1-12H3,(H,47,49)(H,48,50). The third kappa shape index (κ3) is 13.9. The predicted octanol–water partition coefficient (Wildman–Crippen LogP) is 9.20. The van der Waals surface area contributed by atoms with Crippen molar-refractivity contribution in [2.24, 2.45) is 0 Å². The van der Waals surface area contributed by atoms with Crippen molar-refractivity contribution in [1.29, 1.82) is 0 Å². The number of carbonyl (C=O) groups is 2. The first kappa shape index (κ1) is 47.9. The average molecular weight is 863 g/mol. The van der Waals surface area contributed by atoms with E-state index in [1.165, 1.54) is 0 Å². The lowest BCUT2D eigenvalue weighted by Gasteiger charge is -2.36. The van der Waals surface area contributed by atoms with Crippen molar-refractivity contribution >= 4 is 52.7 Å². The van der Waals surface area contributed by atoms with E-state index in [0.29, 0.717) is 39.3 Å². The Balaban J connectivity index is 2.04. The Morgan fingerprint density at radius 3 is 1.17 bits per heavy atom. The van der Waals surface area contributed by atoms with Gasteiger partial charge in [0.15, 0.2) is 11.5 Å². The molecule has 0 atom stereocenters. The first-order valence-electron chi connectivity index (χ1n) is 20.2. The van der Waals surface area contributed by atoms with Crippen molar-refractivity contribution < 1.29 is 45.0 Å². The lowest BCUT2D eigenvalue weighted by molar-refractivity contribution is -0.0535. The molecular weight excluding hydrogens is 801 g/mol. The van der Waals surface area contributed by atoms with Gasteiger partial charge in [0.2, 0.25) is 0 Å². The highest BCUT2D eigenvalue weighted by Crippen LogP contribution is 2.47. The quantitative estimate of drug-likeness (QED) is 0.0461. The number of rotatable bonds is 21. The summed E-state index contributed by atoms with van der Waals surface area (Å²) >= 11 is 0. The third-order valence-corrected chi connectivity index (χ3v) is 13.4. The van der Waals surface area contributed by atoms with Gasteiger partial charge >= 0.3 is 18.1 Å². The summed E-state index contributed by atoms with van der Waals surface area (Å²) in [7, 11) is -8.37. The Morgan fingerprint density at radius 2 is 0.800 bits per heavy atom. The first-order valence-corrected chi connectivity index (χ1v) is 23.5. The summed E-state index contributed by atoms with van der Waals surface area (Å²) in [4.78, 5) is 27.1. The normalized spacial score (nSPS) is 12.2. The average Bonchev–Trinajstić information content (AvgIpc) is 3.12. The number of nitrogens with one attached hydrogen (secondary N) is 2. The molecule has 0 aliphatic carbocycles. The minimum Gasteiger partial charge on any atom is -0.476 e. The number of amides is 2. The predicted molar refractivity (Wildman–Crippen MR) is 240 cm³/mol. The molecular formula is C44H62N4O10Si2. The maximum absolute atomic E-state index is 14.0. The summed E-state index contributed by atoms with van der Waals surface area (Å²) in [6.45, 7) is 22.3. The SMILES string of the molecule is CC(C)O[Si](Oc1c(NC(=O)c2ccc(N)cc2)ccc(-c2ccc(NC(=O)c3ccc(N)cc3)cc2)c1O[Si](OC(C)C)(OC(C)C)OC(C)C)(OC(C)C)OC(C)C. The number of hydrogen-bond acceptors (Lipinski definition) is 12. The van der Waals surface area contributed by atoms with Gasteiger partial charge in [0.25, 0.3) is 11.8 Å². The van der Waals surface area contributed by atoms with Crippen molar-refractivity contribution in [3.63, 3.8) is 0 Å². The Morgan fingerprint density at radius 1 is 0.450 bits per heavy atom. The fourth-order valence-corrected chi connectivity index (χ4v) is 10.8. The highest BCUT2D eigenvalue weighted by molar-refractivity contribution is 6.55. The monoisotopic (exact) mass is 862 g/mol. The van der Waals surface area contributed by atoms with Crippen LogP contribution in [0.4, 0.5) is 22.7 Å². The second-order valence-electron chi connectivity index (χ2n) is 15.8. The van der Waals surface area contributed by atoms with Gasteiger partial charge in [0.1, 0.15) is 0 Å². The van der Waals surface area contributed by atoms with Crippen LogP contribution in [0.15, 0.2) is 84.9 Å². The molecule has 4 rings (SSSR count). The second kappa shape index (κ2) is 21.1.